The number of carbonyl (C=O) groups is 1. The first-order valence-corrected chi connectivity index (χ1v) is 6.50. The summed E-state index contributed by atoms with van der Waals surface area (Å²) < 4.78 is 0. The van der Waals surface area contributed by atoms with E-state index in [2.05, 4.69) is 30.3 Å². The molecule has 0 bridgehead atoms. The van der Waals surface area contributed by atoms with Crippen LogP contribution >= 0.6 is 0 Å². The third-order valence-corrected chi connectivity index (χ3v) is 3.53. The Morgan fingerprint density at radius 3 is 2.84 bits per heavy atom. The van der Waals surface area contributed by atoms with Gasteiger partial charge in [0, 0.05) is 13.1 Å². The quantitative estimate of drug-likeness (QED) is 0.761. The minimum absolute atomic E-state index is 0.0504. The monoisotopic (exact) mass is 249 g/mol. The van der Waals surface area contributed by atoms with E-state index in [0.717, 1.165) is 18.5 Å². The number of fused-ring (bicyclic) bond motifs is 1. The summed E-state index contributed by atoms with van der Waals surface area (Å²) in [6.07, 6.45) is 0.928. The highest BCUT2D eigenvalue weighted by Crippen LogP contribution is 2.19. The molecular formula is C17H15NO. The normalized spacial score (nSPS) is 13.6. The average Bonchev–Trinajstić information content (AvgIpc) is 2.46. The van der Waals surface area contributed by atoms with Crippen molar-refractivity contribution in [2.45, 2.75) is 19.9 Å². The Kier molecular flexibility index (Phi) is 2.97. The van der Waals surface area contributed by atoms with Gasteiger partial charge in [-0.1, -0.05) is 36.4 Å². The van der Waals surface area contributed by atoms with Crippen molar-refractivity contribution < 1.29 is 4.79 Å². The molecule has 0 spiro atoms. The van der Waals surface area contributed by atoms with Gasteiger partial charge in [-0.3, -0.25) is 4.79 Å². The highest BCUT2D eigenvalue weighted by molar-refractivity contribution is 5.93. The molecule has 1 aliphatic heterocycles. The van der Waals surface area contributed by atoms with Gasteiger partial charge in [0.05, 0.1) is 5.56 Å². The van der Waals surface area contributed by atoms with Crippen LogP contribution in [0.1, 0.15) is 27.0 Å². The van der Waals surface area contributed by atoms with E-state index < -0.39 is 0 Å². The summed E-state index contributed by atoms with van der Waals surface area (Å²) in [7, 11) is 0. The van der Waals surface area contributed by atoms with E-state index >= 15 is 0 Å². The second-order valence-corrected chi connectivity index (χ2v) is 4.96. The van der Waals surface area contributed by atoms with E-state index in [-0.39, 0.29) is 5.91 Å². The van der Waals surface area contributed by atoms with E-state index in [1.165, 1.54) is 11.1 Å². The fourth-order valence-electron chi connectivity index (χ4n) is 2.49. The van der Waals surface area contributed by atoms with Crippen LogP contribution in [0.5, 0.6) is 0 Å². The zero-order valence-electron chi connectivity index (χ0n) is 10.9. The lowest BCUT2D eigenvalue weighted by atomic mass is 9.99. The summed E-state index contributed by atoms with van der Waals surface area (Å²) in [4.78, 5) is 14.3. The van der Waals surface area contributed by atoms with Crippen molar-refractivity contribution >= 4 is 5.91 Å². The fourth-order valence-corrected chi connectivity index (χ4v) is 2.49. The Morgan fingerprint density at radius 1 is 1.26 bits per heavy atom. The molecule has 1 aliphatic rings. The maximum Gasteiger partial charge on any atom is 0.262 e. The molecule has 94 valence electrons. The van der Waals surface area contributed by atoms with Gasteiger partial charge in [-0.2, -0.15) is 0 Å². The van der Waals surface area contributed by atoms with Crippen LogP contribution in [-0.4, -0.2) is 17.4 Å². The zero-order chi connectivity index (χ0) is 13.2. The molecule has 2 aromatic rings. The van der Waals surface area contributed by atoms with Gasteiger partial charge in [0.1, 0.15) is 0 Å². The number of carbonyl (C=O) groups excluding carboxylic acids is 1. The second kappa shape index (κ2) is 4.78. The van der Waals surface area contributed by atoms with Crippen molar-refractivity contribution in [2.75, 3.05) is 6.54 Å². The standard InChI is InChI=1S/C17H15NO/c1-13-5-4-8-15(11-13)17(19)18-10-9-14-6-2-3-7-16(14)12-18/h2-3,5-7,11H,9-10,12H2,1H3. The van der Waals surface area contributed by atoms with Crippen LogP contribution in [0, 0.1) is 19.1 Å². The smallest absolute Gasteiger partial charge is 0.262 e. The number of nitrogens with zero attached hydrogens (tertiary/aromatic N) is 1. The molecule has 0 aromatic heterocycles. The van der Waals surface area contributed by atoms with Crippen molar-refractivity contribution in [3.63, 3.8) is 0 Å². The van der Waals surface area contributed by atoms with Crippen molar-refractivity contribution in [1.82, 2.24) is 4.90 Å². The number of rotatable bonds is 1. The number of amides is 1. The molecule has 0 unspecified atom stereocenters. The number of hydrogen-bond donors (Lipinski definition) is 0. The summed E-state index contributed by atoms with van der Waals surface area (Å²) >= 11 is 0. The lowest BCUT2D eigenvalue weighted by molar-refractivity contribution is 0.0734. The molecular weight excluding hydrogens is 234 g/mol. The molecule has 0 atom stereocenters. The number of aryl methyl sites for hydroxylation is 1. The molecule has 1 heterocycles. The van der Waals surface area contributed by atoms with Crippen molar-refractivity contribution in [1.29, 1.82) is 0 Å². The summed E-state index contributed by atoms with van der Waals surface area (Å²) in [5.41, 5.74) is 4.25. The van der Waals surface area contributed by atoms with Gasteiger partial charge in [0.25, 0.3) is 5.91 Å². The predicted octanol–water partition coefficient (Wildman–Crippen LogP) is 2.79. The lowest BCUT2D eigenvalue weighted by Crippen LogP contribution is -2.35. The lowest BCUT2D eigenvalue weighted by Gasteiger charge is -2.28. The topological polar surface area (TPSA) is 20.3 Å². The highest BCUT2D eigenvalue weighted by atomic mass is 16.2. The van der Waals surface area contributed by atoms with Crippen molar-refractivity contribution in [3.8, 4) is 0 Å². The average molecular weight is 249 g/mol. The Balaban J connectivity index is 1.83. The highest BCUT2D eigenvalue weighted by Gasteiger charge is 2.21. The van der Waals surface area contributed by atoms with Gasteiger partial charge in [-0.15, -0.1) is 0 Å². The van der Waals surface area contributed by atoms with Crippen LogP contribution in [0.4, 0.5) is 0 Å². The van der Waals surface area contributed by atoms with E-state index in [1.807, 2.05) is 30.0 Å². The van der Waals surface area contributed by atoms with Gasteiger partial charge >= 0.3 is 0 Å². The molecule has 0 saturated carbocycles. The molecule has 1 amide bonds. The van der Waals surface area contributed by atoms with Gasteiger partial charge in [-0.25, -0.2) is 0 Å². The Bertz CT molecular complexity index is 618. The Morgan fingerprint density at radius 2 is 2.05 bits per heavy atom. The SMILES string of the molecule is Cc1cc#cc(C(=O)N2CCc3ccccc3C2)c1. The molecule has 3 rings (SSSR count). The molecule has 0 radical (unpaired) electrons. The summed E-state index contributed by atoms with van der Waals surface area (Å²) in [5, 5.41) is 0. The molecule has 0 aliphatic carbocycles. The van der Waals surface area contributed by atoms with Crippen LogP contribution in [0.2, 0.25) is 0 Å². The van der Waals surface area contributed by atoms with Crippen LogP contribution in [0.15, 0.2) is 36.4 Å². The van der Waals surface area contributed by atoms with Crippen LogP contribution in [0.3, 0.4) is 0 Å². The Hall–Kier alpha value is -2.27. The minimum atomic E-state index is 0.0504. The first kappa shape index (κ1) is 11.8. The first-order valence-electron chi connectivity index (χ1n) is 6.50. The summed E-state index contributed by atoms with van der Waals surface area (Å²) in [6.45, 7) is 3.43. The second-order valence-electron chi connectivity index (χ2n) is 4.96. The third kappa shape index (κ3) is 2.32. The third-order valence-electron chi connectivity index (χ3n) is 3.53. The molecule has 0 N–H and O–H groups in total. The van der Waals surface area contributed by atoms with E-state index in [9.17, 15) is 4.79 Å². The minimum Gasteiger partial charge on any atom is -0.333 e. The molecule has 2 heteroatoms. The molecule has 19 heavy (non-hydrogen) atoms. The zero-order valence-corrected chi connectivity index (χ0v) is 10.9. The molecule has 2 nitrogen and oxygen atoms in total. The molecule has 2 aromatic carbocycles. The van der Waals surface area contributed by atoms with Gasteiger partial charge < -0.3 is 4.90 Å². The number of hydrogen-bond acceptors (Lipinski definition) is 1. The van der Waals surface area contributed by atoms with Crippen LogP contribution < -0.4 is 0 Å². The fraction of sp³-hybridized carbons (Fsp3) is 0.235. The van der Waals surface area contributed by atoms with Crippen molar-refractivity contribution in [3.05, 3.63) is 70.8 Å². The maximum atomic E-state index is 12.4. The Labute approximate surface area is 113 Å². The maximum absolute atomic E-state index is 12.4. The van der Waals surface area contributed by atoms with E-state index in [1.54, 1.807) is 0 Å². The van der Waals surface area contributed by atoms with Crippen LogP contribution in [-0.2, 0) is 13.0 Å². The number of benzene rings is 1. The predicted molar refractivity (Wildman–Crippen MR) is 73.7 cm³/mol. The van der Waals surface area contributed by atoms with E-state index in [0.29, 0.717) is 12.1 Å². The van der Waals surface area contributed by atoms with Gasteiger partial charge in [-0.05, 0) is 42.2 Å². The largest absolute Gasteiger partial charge is 0.333 e. The van der Waals surface area contributed by atoms with Gasteiger partial charge in [0.2, 0.25) is 0 Å². The molecule has 0 saturated heterocycles. The van der Waals surface area contributed by atoms with Gasteiger partial charge in [0.15, 0.2) is 0 Å². The first-order chi connectivity index (χ1) is 9.24. The molecule has 0 fully saturated rings. The van der Waals surface area contributed by atoms with Crippen LogP contribution in [0.25, 0.3) is 0 Å². The van der Waals surface area contributed by atoms with Crippen molar-refractivity contribution in [2.24, 2.45) is 0 Å². The van der Waals surface area contributed by atoms with E-state index in [4.69, 9.17) is 0 Å². The summed E-state index contributed by atoms with van der Waals surface area (Å²) in [5.74, 6) is 0.0504. The summed E-state index contributed by atoms with van der Waals surface area (Å²) in [6, 6.07) is 17.8.